The lowest BCUT2D eigenvalue weighted by Gasteiger charge is -2.21. The van der Waals surface area contributed by atoms with Crippen LogP contribution >= 0.6 is 0 Å². The summed E-state index contributed by atoms with van der Waals surface area (Å²) in [5.41, 5.74) is 4.06. The summed E-state index contributed by atoms with van der Waals surface area (Å²) >= 11 is 0. The molecular formula is C29H26O7. The van der Waals surface area contributed by atoms with Crippen LogP contribution in [-0.2, 0) is 11.2 Å². The molecule has 0 saturated heterocycles. The van der Waals surface area contributed by atoms with Crippen molar-refractivity contribution in [2.45, 2.75) is 24.5 Å². The van der Waals surface area contributed by atoms with Gasteiger partial charge in [-0.05, 0) is 70.8 Å². The predicted molar refractivity (Wildman–Crippen MR) is 133 cm³/mol. The number of aromatic hydroxyl groups is 5. The summed E-state index contributed by atoms with van der Waals surface area (Å²) in [5, 5.41) is 49.6. The summed E-state index contributed by atoms with van der Waals surface area (Å²) in [6.07, 6.45) is -0.333. The van der Waals surface area contributed by atoms with Crippen LogP contribution in [0.3, 0.4) is 0 Å². The molecule has 3 atom stereocenters. The Kier molecular flexibility index (Phi) is 6.08. The maximum absolute atomic E-state index is 10.2. The second kappa shape index (κ2) is 9.36. The van der Waals surface area contributed by atoms with E-state index in [-0.39, 0.29) is 40.8 Å². The number of rotatable bonds is 6. The Morgan fingerprint density at radius 3 is 2.11 bits per heavy atom. The van der Waals surface area contributed by atoms with E-state index in [9.17, 15) is 25.5 Å². The summed E-state index contributed by atoms with van der Waals surface area (Å²) in [6.45, 7) is 0. The van der Waals surface area contributed by atoms with Crippen LogP contribution in [0.15, 0.2) is 78.9 Å². The molecule has 3 unspecified atom stereocenters. The van der Waals surface area contributed by atoms with Crippen molar-refractivity contribution in [3.63, 3.8) is 0 Å². The third kappa shape index (κ3) is 4.48. The van der Waals surface area contributed by atoms with Gasteiger partial charge in [0.2, 0.25) is 0 Å². The van der Waals surface area contributed by atoms with Gasteiger partial charge in [-0.15, -0.1) is 0 Å². The number of ether oxygens (including phenoxy) is 2. The molecule has 0 aliphatic carbocycles. The number of phenols is 5. The molecule has 0 fully saturated rings. The Balaban J connectivity index is 1.56. The summed E-state index contributed by atoms with van der Waals surface area (Å²) in [5.74, 6) is -0.0159. The molecule has 1 aliphatic heterocycles. The van der Waals surface area contributed by atoms with Gasteiger partial charge in [-0.25, -0.2) is 0 Å². The van der Waals surface area contributed by atoms with Gasteiger partial charge >= 0.3 is 0 Å². The Morgan fingerprint density at radius 1 is 0.722 bits per heavy atom. The lowest BCUT2D eigenvalue weighted by Crippen LogP contribution is -2.11. The van der Waals surface area contributed by atoms with Crippen molar-refractivity contribution in [1.82, 2.24) is 0 Å². The van der Waals surface area contributed by atoms with Gasteiger partial charge in [-0.1, -0.05) is 24.3 Å². The minimum atomic E-state index is -0.452. The van der Waals surface area contributed by atoms with Crippen molar-refractivity contribution >= 4 is 0 Å². The van der Waals surface area contributed by atoms with Crippen molar-refractivity contribution in [1.29, 1.82) is 0 Å². The quantitative estimate of drug-likeness (QED) is 0.231. The second-order valence-electron chi connectivity index (χ2n) is 8.94. The molecule has 36 heavy (non-hydrogen) atoms. The minimum Gasteiger partial charge on any atom is -0.508 e. The van der Waals surface area contributed by atoms with Crippen molar-refractivity contribution in [3.8, 4) is 34.5 Å². The second-order valence-corrected chi connectivity index (χ2v) is 8.94. The van der Waals surface area contributed by atoms with E-state index in [1.54, 1.807) is 49.6 Å². The Bertz CT molecular complexity index is 1380. The summed E-state index contributed by atoms with van der Waals surface area (Å²) < 4.78 is 12.1. The number of benzene rings is 4. The topological polar surface area (TPSA) is 120 Å². The molecule has 4 aromatic carbocycles. The van der Waals surface area contributed by atoms with Gasteiger partial charge in [0, 0.05) is 25.2 Å². The summed E-state index contributed by atoms with van der Waals surface area (Å²) in [7, 11) is 1.61. The lowest BCUT2D eigenvalue weighted by atomic mass is 9.84. The van der Waals surface area contributed by atoms with E-state index in [0.29, 0.717) is 17.7 Å². The highest BCUT2D eigenvalue weighted by molar-refractivity contribution is 5.53. The van der Waals surface area contributed by atoms with Crippen LogP contribution < -0.4 is 4.74 Å². The molecule has 184 valence electrons. The van der Waals surface area contributed by atoms with Gasteiger partial charge in [0.1, 0.15) is 29.1 Å². The van der Waals surface area contributed by atoms with E-state index >= 15 is 0 Å². The molecule has 0 spiro atoms. The Labute approximate surface area is 208 Å². The van der Waals surface area contributed by atoms with Gasteiger partial charge in [-0.3, -0.25) is 0 Å². The molecule has 0 bridgehead atoms. The zero-order valence-electron chi connectivity index (χ0n) is 19.5. The van der Waals surface area contributed by atoms with Crippen molar-refractivity contribution in [3.05, 3.63) is 107 Å². The third-order valence-electron chi connectivity index (χ3n) is 6.55. The average Bonchev–Trinajstić information content (AvgIpc) is 3.23. The van der Waals surface area contributed by atoms with E-state index in [4.69, 9.17) is 9.47 Å². The number of methoxy groups -OCH3 is 1. The summed E-state index contributed by atoms with van der Waals surface area (Å²) in [6, 6.07) is 21.7. The van der Waals surface area contributed by atoms with E-state index in [0.717, 1.165) is 22.3 Å². The number of fused-ring (bicyclic) bond motifs is 1. The molecule has 5 rings (SSSR count). The molecule has 0 amide bonds. The number of hydrogen-bond acceptors (Lipinski definition) is 7. The van der Waals surface area contributed by atoms with Crippen molar-refractivity contribution < 1.29 is 35.0 Å². The minimum absolute atomic E-state index is 0.0547. The highest BCUT2D eigenvalue weighted by atomic mass is 16.5. The highest BCUT2D eigenvalue weighted by Crippen LogP contribution is 2.51. The molecule has 4 aromatic rings. The van der Waals surface area contributed by atoms with Crippen LogP contribution in [0.2, 0.25) is 0 Å². The van der Waals surface area contributed by atoms with Crippen LogP contribution in [0.4, 0.5) is 0 Å². The maximum Gasteiger partial charge on any atom is 0.157 e. The first-order valence-corrected chi connectivity index (χ1v) is 11.5. The van der Waals surface area contributed by atoms with Crippen molar-refractivity contribution in [2.24, 2.45) is 0 Å². The SMILES string of the molecule is COC(Cc1ccc(O)c(O)c1)c1ccc2c(c1)C(c1cc(O)cc(O)c1)C(c1ccc(O)cc1)O2. The molecule has 5 N–H and O–H groups in total. The number of phenolic OH excluding ortho intramolecular Hbond substituents is 5. The van der Waals surface area contributed by atoms with E-state index in [1.807, 2.05) is 18.2 Å². The smallest absolute Gasteiger partial charge is 0.157 e. The predicted octanol–water partition coefficient (Wildman–Crippen LogP) is 5.41. The molecule has 0 saturated carbocycles. The summed E-state index contributed by atoms with van der Waals surface area (Å²) in [4.78, 5) is 0. The monoisotopic (exact) mass is 486 g/mol. The molecule has 0 aromatic heterocycles. The zero-order chi connectivity index (χ0) is 25.4. The van der Waals surface area contributed by atoms with E-state index < -0.39 is 6.10 Å². The van der Waals surface area contributed by atoms with Gasteiger partial charge < -0.3 is 35.0 Å². The maximum atomic E-state index is 10.2. The molecule has 7 heteroatoms. The fourth-order valence-corrected chi connectivity index (χ4v) is 4.81. The highest BCUT2D eigenvalue weighted by Gasteiger charge is 2.38. The molecule has 7 nitrogen and oxygen atoms in total. The van der Waals surface area contributed by atoms with Crippen molar-refractivity contribution in [2.75, 3.05) is 7.11 Å². The van der Waals surface area contributed by atoms with Crippen LogP contribution in [0, 0.1) is 0 Å². The standard InChI is InChI=1S/C29H26O7/c1-35-27(11-16-2-8-24(33)25(34)10-16)18-5-9-26-23(14-18)28(19-12-21(31)15-22(32)13-19)29(36-26)17-3-6-20(30)7-4-17/h2-10,12-15,27-34H,11H2,1H3. The fraction of sp³-hybridized carbons (Fsp3) is 0.172. The molecule has 1 aliphatic rings. The molecular weight excluding hydrogens is 460 g/mol. The van der Waals surface area contributed by atoms with Gasteiger partial charge in [0.15, 0.2) is 11.5 Å². The Morgan fingerprint density at radius 2 is 1.44 bits per heavy atom. The van der Waals surface area contributed by atoms with Crippen LogP contribution in [0.5, 0.6) is 34.5 Å². The van der Waals surface area contributed by atoms with E-state index in [2.05, 4.69) is 0 Å². The third-order valence-corrected chi connectivity index (χ3v) is 6.55. The first-order chi connectivity index (χ1) is 17.3. The largest absolute Gasteiger partial charge is 0.508 e. The van der Waals surface area contributed by atoms with Crippen LogP contribution in [-0.4, -0.2) is 32.6 Å². The number of hydrogen-bond donors (Lipinski definition) is 5. The van der Waals surface area contributed by atoms with Gasteiger partial charge in [0.05, 0.1) is 12.0 Å². The Hall–Kier alpha value is -4.36. The zero-order valence-corrected chi connectivity index (χ0v) is 19.5. The van der Waals surface area contributed by atoms with Gasteiger partial charge in [-0.2, -0.15) is 0 Å². The van der Waals surface area contributed by atoms with Crippen LogP contribution in [0.25, 0.3) is 0 Å². The fourth-order valence-electron chi connectivity index (χ4n) is 4.81. The van der Waals surface area contributed by atoms with Crippen LogP contribution in [0.1, 0.15) is 45.9 Å². The van der Waals surface area contributed by atoms with Gasteiger partial charge in [0.25, 0.3) is 0 Å². The van der Waals surface area contributed by atoms with E-state index in [1.165, 1.54) is 18.2 Å². The lowest BCUT2D eigenvalue weighted by molar-refractivity contribution is 0.103. The normalized spacial score (nSPS) is 17.4. The molecule has 1 heterocycles. The average molecular weight is 487 g/mol. The molecule has 0 radical (unpaired) electrons. The first-order valence-electron chi connectivity index (χ1n) is 11.5. The first kappa shape index (κ1) is 23.4.